The summed E-state index contributed by atoms with van der Waals surface area (Å²) in [6.07, 6.45) is 0. The van der Waals surface area contributed by atoms with E-state index in [-0.39, 0.29) is 61.1 Å². The number of rotatable bonds is 6. The molecule has 10 saturated heterocycles. The van der Waals surface area contributed by atoms with Gasteiger partial charge < -0.3 is 0 Å². The van der Waals surface area contributed by atoms with Gasteiger partial charge >= 0.3 is 212 Å². The molecule has 0 bridgehead atoms. The summed E-state index contributed by atoms with van der Waals surface area (Å²) in [4.78, 5) is 10.2. The van der Waals surface area contributed by atoms with Crippen LogP contribution >= 0.6 is 40.7 Å². The molecule has 0 amide bonds. The second-order valence-corrected chi connectivity index (χ2v) is 44.5. The molecule has 4 aromatic carbocycles. The molecule has 0 N–H and O–H groups in total. The van der Waals surface area contributed by atoms with Crippen LogP contribution in [-0.4, -0.2) is 8.11 Å². The van der Waals surface area contributed by atoms with Crippen molar-refractivity contribution in [1.29, 1.82) is 0 Å². The Kier molecular flexibility index (Phi) is 2.30. The quantitative estimate of drug-likeness (QED) is 0.138. The predicted molar refractivity (Wildman–Crippen MR) is 168 cm³/mol. The Balaban J connectivity index is 0.000000694. The number of benzene rings is 4. The first kappa shape index (κ1) is 23.9. The average Bonchev–Trinajstić information content (AvgIpc) is 3.92. The zero-order chi connectivity index (χ0) is 23.5. The van der Waals surface area contributed by atoms with Crippen LogP contribution in [0.3, 0.4) is 0 Å². The molecule has 4 atom stereocenters. The van der Waals surface area contributed by atoms with Crippen LogP contribution in [-0.2, 0) is 26.9 Å². The van der Waals surface area contributed by atoms with Crippen LogP contribution < -0.4 is 21.2 Å². The van der Waals surface area contributed by atoms with Gasteiger partial charge in [0.15, 0.2) is 0 Å². The molecule has 0 radical (unpaired) electrons. The van der Waals surface area contributed by atoms with Gasteiger partial charge in [0.2, 0.25) is 0 Å². The molecule has 10 aliphatic rings. The number of fused-ring (bicyclic) bond motifs is 10. The number of hydrogen-bond donors (Lipinski definition) is 0. The van der Waals surface area contributed by atoms with Crippen molar-refractivity contribution in [2.24, 2.45) is 0 Å². The van der Waals surface area contributed by atoms with Gasteiger partial charge in [-0.05, 0) is 0 Å². The zero-order valence-corrected chi connectivity index (χ0v) is 27.6. The van der Waals surface area contributed by atoms with Gasteiger partial charge in [0.1, 0.15) is 0 Å². The van der Waals surface area contributed by atoms with E-state index < -0.39 is 6.51 Å². The molecular weight excluding hydrogens is 703 g/mol. The fraction of sp³-hybridized carbons (Fsp3) is 0.294. The Labute approximate surface area is 254 Å². The normalized spacial score (nSPS) is 58.4. The summed E-state index contributed by atoms with van der Waals surface area (Å²) in [6.45, 7) is -3.82. The molecule has 208 valence electrons. The molecule has 14 rings (SSSR count). The van der Waals surface area contributed by atoms with Gasteiger partial charge in [0.05, 0.1) is 0 Å². The van der Waals surface area contributed by atoms with Crippen LogP contribution in [0.2, 0.25) is 38.5 Å². The fourth-order valence-corrected chi connectivity index (χ4v) is 126. The molecule has 4 unspecified atom stereocenters. The Bertz CT molecular complexity index is 1920. The SMILES string of the molecule is Cl.Cl.[Pd].c1ccc(P(c2ccccc2)[C]23[CH]4[CH]5[CH]6[C]2(P(c2ccccc2)c2ccccc2)[Fe]54632789[CH]3[CH]2[CH]7[CH]8[CH]39)cc1. The molecule has 1 spiro atoms. The Morgan fingerprint density at radius 1 is 0.400 bits per heavy atom. The van der Waals surface area contributed by atoms with Gasteiger partial charge in [-0.1, -0.05) is 0 Å². The maximum atomic E-state index is 2.55. The van der Waals surface area contributed by atoms with E-state index in [9.17, 15) is 0 Å². The summed E-state index contributed by atoms with van der Waals surface area (Å²) in [6, 6.07) is 48.2. The minimum atomic E-state index is -3.82. The van der Waals surface area contributed by atoms with Gasteiger partial charge in [0.25, 0.3) is 0 Å². The molecular formula is C34H30Cl2FeP2Pd. The van der Waals surface area contributed by atoms with Gasteiger partial charge in [-0.15, -0.1) is 24.8 Å². The van der Waals surface area contributed by atoms with Crippen LogP contribution in [0.15, 0.2) is 121 Å². The summed E-state index contributed by atoms with van der Waals surface area (Å²) in [5, 5.41) is 6.86. The van der Waals surface area contributed by atoms with Gasteiger partial charge in [-0.25, -0.2) is 0 Å². The van der Waals surface area contributed by atoms with Gasteiger partial charge in [0, 0.05) is 20.4 Å². The van der Waals surface area contributed by atoms with E-state index in [1.54, 1.807) is 21.2 Å². The summed E-state index contributed by atoms with van der Waals surface area (Å²) >= 11 is 0. The monoisotopic (exact) mass is 732 g/mol. The molecule has 0 nitrogen and oxygen atoms in total. The van der Waals surface area contributed by atoms with Crippen molar-refractivity contribution in [3.8, 4) is 0 Å². The predicted octanol–water partition coefficient (Wildman–Crippen LogP) is 8.30. The molecule has 6 heteroatoms. The third kappa shape index (κ3) is 0.609. The minimum absolute atomic E-state index is 0. The van der Waals surface area contributed by atoms with Crippen molar-refractivity contribution in [2.45, 2.75) is 46.6 Å². The molecule has 10 fully saturated rings. The average molecular weight is 734 g/mol. The Morgan fingerprint density at radius 3 is 0.850 bits per heavy atom. The van der Waals surface area contributed by atoms with Gasteiger partial charge in [-0.3, -0.25) is 0 Å². The summed E-state index contributed by atoms with van der Waals surface area (Å²) in [5.41, 5.74) is 0. The molecule has 10 heterocycles. The van der Waals surface area contributed by atoms with Crippen LogP contribution in [0, 0.1) is 0 Å². The third-order valence-electron chi connectivity index (χ3n) is 19.4. The topological polar surface area (TPSA) is 0 Å². The van der Waals surface area contributed by atoms with Crippen molar-refractivity contribution in [3.05, 3.63) is 121 Å². The molecule has 0 saturated carbocycles. The summed E-state index contributed by atoms with van der Waals surface area (Å²) in [7, 11) is -0.628. The van der Waals surface area contributed by atoms with Crippen LogP contribution in [0.4, 0.5) is 0 Å². The number of hydrogen-bond acceptors (Lipinski definition) is 0. The van der Waals surface area contributed by atoms with Gasteiger partial charge in [-0.2, -0.15) is 0 Å². The molecule has 40 heavy (non-hydrogen) atoms. The standard InChI is InChI=1S/C29H23P2.C5H5.2ClH.Fe.Pd/c1-5-14-24(15-6-1)30(25-16-7-2-8-17-25)28-22-13-23-29(28)31(26-18-9-3-10-19-26)27-20-11-4-12-21-27;1-2-4-5-3-1;;;;/h1-23H;1-5H;2*1H;;. The maximum absolute atomic E-state index is 3.82. The molecule has 0 aliphatic carbocycles. The Morgan fingerprint density at radius 2 is 0.650 bits per heavy atom. The summed E-state index contributed by atoms with van der Waals surface area (Å²) in [5.74, 6) is 0. The first-order chi connectivity index (χ1) is 18.1. The number of halogens is 2. The second kappa shape index (κ2) is 3.86. The van der Waals surface area contributed by atoms with Crippen molar-refractivity contribution in [3.63, 3.8) is 0 Å². The van der Waals surface area contributed by atoms with E-state index in [0.29, 0.717) is 0 Å². The van der Waals surface area contributed by atoms with Crippen molar-refractivity contribution < 1.29 is 26.9 Å². The Hall–Kier alpha value is -0.498. The van der Waals surface area contributed by atoms with E-state index in [2.05, 4.69) is 121 Å². The van der Waals surface area contributed by atoms with Crippen LogP contribution in [0.25, 0.3) is 0 Å². The van der Waals surface area contributed by atoms with Crippen LogP contribution in [0.1, 0.15) is 0 Å². The summed E-state index contributed by atoms with van der Waals surface area (Å²) < 4.78 is 1.48. The van der Waals surface area contributed by atoms with E-state index >= 15 is 0 Å². The first-order valence-electron chi connectivity index (χ1n) is 14.1. The zero-order valence-electron chi connectivity index (χ0n) is 21.5. The van der Waals surface area contributed by atoms with E-state index in [4.69, 9.17) is 0 Å². The van der Waals surface area contributed by atoms with E-state index in [1.165, 1.54) is 38.5 Å². The molecule has 4 aromatic rings. The van der Waals surface area contributed by atoms with Crippen molar-refractivity contribution >= 4 is 61.9 Å². The van der Waals surface area contributed by atoms with Crippen molar-refractivity contribution in [2.75, 3.05) is 0 Å². The molecule has 0 aromatic heterocycles. The van der Waals surface area contributed by atoms with Crippen LogP contribution in [0.5, 0.6) is 0 Å². The van der Waals surface area contributed by atoms with E-state index in [0.717, 1.165) is 8.11 Å². The van der Waals surface area contributed by atoms with Crippen molar-refractivity contribution in [1.82, 2.24) is 0 Å². The third-order valence-corrected chi connectivity index (χ3v) is 76.3. The molecule has 10 aliphatic heterocycles. The van der Waals surface area contributed by atoms with E-state index in [1.807, 2.05) is 0 Å². The second-order valence-electron chi connectivity index (χ2n) is 15.7. The first-order valence-corrected chi connectivity index (χ1v) is 23.0. The fourth-order valence-electron chi connectivity index (χ4n) is 20.9.